The highest BCUT2D eigenvalue weighted by Crippen LogP contribution is 2.29. The predicted molar refractivity (Wildman–Crippen MR) is 116 cm³/mol. The molecule has 0 spiro atoms. The Bertz CT molecular complexity index is 1170. The lowest BCUT2D eigenvalue weighted by Crippen LogP contribution is -2.14. The number of aromatic nitrogens is 4. The van der Waals surface area contributed by atoms with E-state index in [-0.39, 0.29) is 5.91 Å². The molecule has 0 fully saturated rings. The molecule has 152 valence electrons. The fourth-order valence-corrected chi connectivity index (χ4v) is 3.39. The number of amides is 1. The molecule has 2 heterocycles. The Morgan fingerprint density at radius 1 is 1.17 bits per heavy atom. The van der Waals surface area contributed by atoms with Crippen molar-refractivity contribution in [2.45, 2.75) is 20.3 Å². The minimum absolute atomic E-state index is 0.247. The molecule has 0 atom stereocenters. The van der Waals surface area contributed by atoms with E-state index in [0.29, 0.717) is 17.8 Å². The molecule has 30 heavy (non-hydrogen) atoms. The molecule has 7 nitrogen and oxygen atoms in total. The number of H-pyrrole nitrogens is 1. The van der Waals surface area contributed by atoms with Crippen molar-refractivity contribution in [3.05, 3.63) is 77.6 Å². The van der Waals surface area contributed by atoms with Gasteiger partial charge in [-0.1, -0.05) is 36.8 Å². The summed E-state index contributed by atoms with van der Waals surface area (Å²) in [6.45, 7) is 4.04. The van der Waals surface area contributed by atoms with Crippen LogP contribution in [0.5, 0.6) is 5.75 Å². The summed E-state index contributed by atoms with van der Waals surface area (Å²) < 4.78 is 7.20. The number of nitrogens with one attached hydrogen (secondary N) is 2. The van der Waals surface area contributed by atoms with E-state index in [0.717, 1.165) is 28.4 Å². The second kappa shape index (κ2) is 8.24. The maximum atomic E-state index is 12.9. The van der Waals surface area contributed by atoms with Crippen LogP contribution in [0.2, 0.25) is 0 Å². The van der Waals surface area contributed by atoms with Crippen molar-refractivity contribution in [2.75, 3.05) is 12.4 Å². The number of aryl methyl sites for hydroxylation is 1. The van der Waals surface area contributed by atoms with Crippen LogP contribution in [0.25, 0.3) is 16.9 Å². The normalized spacial score (nSPS) is 10.8. The molecule has 0 aliphatic heterocycles. The molecule has 4 aromatic rings. The minimum atomic E-state index is -0.247. The van der Waals surface area contributed by atoms with E-state index in [1.165, 1.54) is 5.56 Å². The lowest BCUT2D eigenvalue weighted by atomic mass is 10.1. The van der Waals surface area contributed by atoms with Gasteiger partial charge in [-0.15, -0.1) is 0 Å². The van der Waals surface area contributed by atoms with Gasteiger partial charge in [0, 0.05) is 11.6 Å². The largest absolute Gasteiger partial charge is 0.496 e. The molecule has 0 saturated heterocycles. The summed E-state index contributed by atoms with van der Waals surface area (Å²) in [6.07, 6.45) is 2.27. The monoisotopic (exact) mass is 401 g/mol. The van der Waals surface area contributed by atoms with Crippen molar-refractivity contribution in [3.8, 4) is 22.7 Å². The van der Waals surface area contributed by atoms with Gasteiger partial charge in [0.25, 0.3) is 5.91 Å². The number of ether oxygens (including phenoxy) is 1. The van der Waals surface area contributed by atoms with E-state index < -0.39 is 0 Å². The van der Waals surface area contributed by atoms with Crippen LogP contribution in [0.3, 0.4) is 0 Å². The molecule has 0 unspecified atom stereocenters. The van der Waals surface area contributed by atoms with Crippen molar-refractivity contribution in [2.24, 2.45) is 0 Å². The Kier molecular flexibility index (Phi) is 5.34. The number of anilines is 1. The number of nitrogens with zero attached hydrogens (tertiary/aromatic N) is 3. The average Bonchev–Trinajstić information content (AvgIpc) is 3.41. The second-order valence-electron chi connectivity index (χ2n) is 6.93. The zero-order chi connectivity index (χ0) is 21.1. The van der Waals surface area contributed by atoms with Crippen LogP contribution in [-0.2, 0) is 6.42 Å². The summed E-state index contributed by atoms with van der Waals surface area (Å²) in [6, 6.07) is 17.5. The minimum Gasteiger partial charge on any atom is -0.496 e. The van der Waals surface area contributed by atoms with Gasteiger partial charge in [-0.2, -0.15) is 10.2 Å². The summed E-state index contributed by atoms with van der Waals surface area (Å²) >= 11 is 0. The first-order valence-corrected chi connectivity index (χ1v) is 9.74. The summed E-state index contributed by atoms with van der Waals surface area (Å²) in [5, 5.41) is 14.5. The topological polar surface area (TPSA) is 84.8 Å². The van der Waals surface area contributed by atoms with E-state index >= 15 is 0 Å². The highest BCUT2D eigenvalue weighted by Gasteiger charge is 2.18. The van der Waals surface area contributed by atoms with Crippen molar-refractivity contribution in [1.29, 1.82) is 0 Å². The van der Waals surface area contributed by atoms with Gasteiger partial charge in [0.2, 0.25) is 0 Å². The van der Waals surface area contributed by atoms with Crippen LogP contribution >= 0.6 is 0 Å². The van der Waals surface area contributed by atoms with Crippen LogP contribution in [-0.4, -0.2) is 33.0 Å². The number of para-hydroxylation sites is 1. The number of hydrogen-bond acceptors (Lipinski definition) is 4. The van der Waals surface area contributed by atoms with Crippen LogP contribution in [0.1, 0.15) is 28.5 Å². The number of methoxy groups -OCH3 is 1. The van der Waals surface area contributed by atoms with Gasteiger partial charge in [0.05, 0.1) is 35.9 Å². The van der Waals surface area contributed by atoms with E-state index in [2.05, 4.69) is 20.6 Å². The maximum Gasteiger partial charge on any atom is 0.260 e. The van der Waals surface area contributed by atoms with E-state index in [1.54, 1.807) is 24.1 Å². The number of aromatic amines is 1. The third-order valence-corrected chi connectivity index (χ3v) is 4.94. The predicted octanol–water partition coefficient (Wildman–Crippen LogP) is 4.39. The first-order chi connectivity index (χ1) is 14.6. The number of carbonyl (C=O) groups excluding carboxylic acids is 1. The average molecular weight is 401 g/mol. The third-order valence-electron chi connectivity index (χ3n) is 4.94. The van der Waals surface area contributed by atoms with Crippen LogP contribution in [0, 0.1) is 6.92 Å². The Morgan fingerprint density at radius 3 is 2.67 bits per heavy atom. The smallest absolute Gasteiger partial charge is 0.260 e. The van der Waals surface area contributed by atoms with Gasteiger partial charge in [0.1, 0.15) is 5.75 Å². The molecular formula is C23H23N5O2. The fraction of sp³-hybridized carbons (Fsp3) is 0.174. The first kappa shape index (κ1) is 19.4. The summed E-state index contributed by atoms with van der Waals surface area (Å²) in [5.41, 5.74) is 5.10. The molecule has 0 bridgehead atoms. The van der Waals surface area contributed by atoms with Crippen molar-refractivity contribution in [1.82, 2.24) is 20.0 Å². The van der Waals surface area contributed by atoms with E-state index in [4.69, 9.17) is 4.74 Å². The number of benzene rings is 2. The molecule has 0 radical (unpaired) electrons. The molecule has 0 saturated carbocycles. The van der Waals surface area contributed by atoms with Gasteiger partial charge in [0.15, 0.2) is 5.82 Å². The standard InChI is InChI=1S/C23H23N5O2/c1-4-20-18(14-24-28(20)16-11-9-15(2)10-12-16)23(29)25-22-13-19(26-27-22)17-7-5-6-8-21(17)30-3/h5-14H,4H2,1-3H3,(H2,25,26,27,29). The Morgan fingerprint density at radius 2 is 1.93 bits per heavy atom. The molecule has 2 N–H and O–H groups in total. The lowest BCUT2D eigenvalue weighted by molar-refractivity contribution is 0.102. The molecular weight excluding hydrogens is 378 g/mol. The van der Waals surface area contributed by atoms with Gasteiger partial charge in [-0.25, -0.2) is 4.68 Å². The lowest BCUT2D eigenvalue weighted by Gasteiger charge is -2.08. The van der Waals surface area contributed by atoms with E-state index in [1.807, 2.05) is 62.4 Å². The number of carbonyl (C=O) groups is 1. The van der Waals surface area contributed by atoms with Crippen molar-refractivity contribution in [3.63, 3.8) is 0 Å². The highest BCUT2D eigenvalue weighted by molar-refractivity contribution is 6.04. The molecule has 2 aromatic carbocycles. The maximum absolute atomic E-state index is 12.9. The molecule has 0 aliphatic carbocycles. The van der Waals surface area contributed by atoms with E-state index in [9.17, 15) is 4.79 Å². The highest BCUT2D eigenvalue weighted by atomic mass is 16.5. The third kappa shape index (κ3) is 3.69. The zero-order valence-electron chi connectivity index (χ0n) is 17.1. The molecule has 7 heteroatoms. The van der Waals surface area contributed by atoms with Crippen LogP contribution in [0.15, 0.2) is 60.8 Å². The number of hydrogen-bond donors (Lipinski definition) is 2. The Hall–Kier alpha value is -3.87. The Balaban J connectivity index is 1.58. The Labute approximate surface area is 174 Å². The van der Waals surface area contributed by atoms with Crippen molar-refractivity contribution >= 4 is 11.7 Å². The first-order valence-electron chi connectivity index (χ1n) is 9.74. The van der Waals surface area contributed by atoms with Gasteiger partial charge < -0.3 is 10.1 Å². The molecule has 1 amide bonds. The second-order valence-corrected chi connectivity index (χ2v) is 6.93. The summed E-state index contributed by atoms with van der Waals surface area (Å²) in [7, 11) is 1.62. The molecule has 2 aromatic heterocycles. The van der Waals surface area contributed by atoms with Crippen LogP contribution in [0.4, 0.5) is 5.82 Å². The van der Waals surface area contributed by atoms with Gasteiger partial charge in [-0.05, 0) is 37.6 Å². The summed E-state index contributed by atoms with van der Waals surface area (Å²) in [5.74, 6) is 0.918. The van der Waals surface area contributed by atoms with Gasteiger partial charge >= 0.3 is 0 Å². The van der Waals surface area contributed by atoms with Gasteiger partial charge in [-0.3, -0.25) is 9.89 Å². The SMILES string of the molecule is CCc1c(C(=O)Nc2cc(-c3ccccc3OC)[nH]n2)cnn1-c1ccc(C)cc1. The zero-order valence-corrected chi connectivity index (χ0v) is 17.1. The quantitative estimate of drug-likeness (QED) is 0.502. The molecule has 4 rings (SSSR count). The van der Waals surface area contributed by atoms with Crippen molar-refractivity contribution < 1.29 is 9.53 Å². The fourth-order valence-electron chi connectivity index (χ4n) is 3.39. The van der Waals surface area contributed by atoms with Crippen LogP contribution < -0.4 is 10.1 Å². The number of rotatable bonds is 6. The molecule has 0 aliphatic rings. The summed E-state index contributed by atoms with van der Waals surface area (Å²) in [4.78, 5) is 12.9.